The molecule has 0 radical (unpaired) electrons. The Labute approximate surface area is 75.3 Å². The lowest BCUT2D eigenvalue weighted by atomic mass is 9.87. The highest BCUT2D eigenvalue weighted by atomic mass is 16.3. The monoisotopic (exact) mass is 174 g/mol. The molecule has 0 amide bonds. The molecule has 74 valence electrons. The normalized spacial score (nSPS) is 14.8. The minimum Gasteiger partial charge on any atom is -0.396 e. The SMILES string of the molecule is CC(C)(C)C(CN)NCCCO. The van der Waals surface area contributed by atoms with Crippen molar-refractivity contribution in [2.24, 2.45) is 11.1 Å². The van der Waals surface area contributed by atoms with E-state index in [2.05, 4.69) is 26.1 Å². The summed E-state index contributed by atoms with van der Waals surface area (Å²) in [5.74, 6) is 0. The first-order chi connectivity index (χ1) is 5.52. The summed E-state index contributed by atoms with van der Waals surface area (Å²) in [7, 11) is 0. The van der Waals surface area contributed by atoms with Crippen LogP contribution in [0.4, 0.5) is 0 Å². The van der Waals surface area contributed by atoms with Gasteiger partial charge in [-0.2, -0.15) is 0 Å². The van der Waals surface area contributed by atoms with Gasteiger partial charge < -0.3 is 16.2 Å². The Morgan fingerprint density at radius 3 is 2.33 bits per heavy atom. The summed E-state index contributed by atoms with van der Waals surface area (Å²) in [4.78, 5) is 0. The number of hydrogen-bond donors (Lipinski definition) is 3. The van der Waals surface area contributed by atoms with E-state index in [9.17, 15) is 0 Å². The van der Waals surface area contributed by atoms with E-state index in [1.165, 1.54) is 0 Å². The van der Waals surface area contributed by atoms with Gasteiger partial charge in [0.25, 0.3) is 0 Å². The second kappa shape index (κ2) is 5.51. The second-order valence-electron chi connectivity index (χ2n) is 4.19. The quantitative estimate of drug-likeness (QED) is 0.526. The molecular formula is C9H22N2O. The van der Waals surface area contributed by atoms with Gasteiger partial charge in [0.2, 0.25) is 0 Å². The minimum absolute atomic E-state index is 0.199. The van der Waals surface area contributed by atoms with E-state index < -0.39 is 0 Å². The molecule has 0 aromatic carbocycles. The van der Waals surface area contributed by atoms with Crippen molar-refractivity contribution >= 4 is 0 Å². The number of rotatable bonds is 5. The van der Waals surface area contributed by atoms with Crippen LogP contribution in [-0.2, 0) is 0 Å². The van der Waals surface area contributed by atoms with Crippen LogP contribution in [0.5, 0.6) is 0 Å². The molecule has 0 rings (SSSR count). The van der Waals surface area contributed by atoms with Crippen LogP contribution in [0.2, 0.25) is 0 Å². The molecule has 0 spiro atoms. The van der Waals surface area contributed by atoms with E-state index in [4.69, 9.17) is 10.8 Å². The van der Waals surface area contributed by atoms with Crippen LogP contribution in [0.3, 0.4) is 0 Å². The van der Waals surface area contributed by atoms with Crippen LogP contribution in [0.25, 0.3) is 0 Å². The van der Waals surface area contributed by atoms with Gasteiger partial charge in [-0.25, -0.2) is 0 Å². The number of hydrogen-bond acceptors (Lipinski definition) is 3. The maximum absolute atomic E-state index is 8.58. The molecule has 0 aliphatic rings. The molecule has 3 nitrogen and oxygen atoms in total. The van der Waals surface area contributed by atoms with Crippen LogP contribution in [0, 0.1) is 5.41 Å². The molecule has 0 bridgehead atoms. The number of aliphatic hydroxyl groups excluding tert-OH is 1. The smallest absolute Gasteiger partial charge is 0.0443 e. The molecule has 0 fully saturated rings. The molecule has 0 heterocycles. The Kier molecular flexibility index (Phi) is 5.46. The summed E-state index contributed by atoms with van der Waals surface area (Å²) >= 11 is 0. The summed E-state index contributed by atoms with van der Waals surface area (Å²) in [6.07, 6.45) is 0.798. The molecule has 4 N–H and O–H groups in total. The maximum atomic E-state index is 8.58. The zero-order valence-corrected chi connectivity index (χ0v) is 8.43. The van der Waals surface area contributed by atoms with Gasteiger partial charge in [-0.1, -0.05) is 20.8 Å². The van der Waals surface area contributed by atoms with Gasteiger partial charge in [-0.05, 0) is 18.4 Å². The van der Waals surface area contributed by atoms with Crippen molar-refractivity contribution < 1.29 is 5.11 Å². The second-order valence-corrected chi connectivity index (χ2v) is 4.19. The van der Waals surface area contributed by atoms with Gasteiger partial charge >= 0.3 is 0 Å². The highest BCUT2D eigenvalue weighted by Crippen LogP contribution is 2.17. The fraction of sp³-hybridized carbons (Fsp3) is 1.00. The van der Waals surface area contributed by atoms with Gasteiger partial charge in [0.05, 0.1) is 0 Å². The Balaban J connectivity index is 3.68. The average Bonchev–Trinajstić information content (AvgIpc) is 1.95. The van der Waals surface area contributed by atoms with Gasteiger partial charge in [-0.3, -0.25) is 0 Å². The Bertz CT molecular complexity index is 110. The van der Waals surface area contributed by atoms with Gasteiger partial charge in [-0.15, -0.1) is 0 Å². The van der Waals surface area contributed by atoms with Crippen LogP contribution < -0.4 is 11.1 Å². The summed E-state index contributed by atoms with van der Waals surface area (Å²) in [6.45, 7) is 8.22. The van der Waals surface area contributed by atoms with Crippen molar-refractivity contribution in [3.05, 3.63) is 0 Å². The van der Waals surface area contributed by atoms with Gasteiger partial charge in [0, 0.05) is 19.2 Å². The van der Waals surface area contributed by atoms with E-state index in [-0.39, 0.29) is 12.0 Å². The molecule has 1 unspecified atom stereocenters. The highest BCUT2D eigenvalue weighted by molar-refractivity contribution is 4.80. The van der Waals surface area contributed by atoms with E-state index in [1.54, 1.807) is 0 Å². The molecule has 0 aliphatic carbocycles. The number of nitrogens with two attached hydrogens (primary N) is 1. The number of nitrogens with one attached hydrogen (secondary N) is 1. The first kappa shape index (κ1) is 11.9. The van der Waals surface area contributed by atoms with Crippen molar-refractivity contribution in [2.45, 2.75) is 33.2 Å². The zero-order valence-electron chi connectivity index (χ0n) is 8.43. The lowest BCUT2D eigenvalue weighted by Gasteiger charge is -2.30. The molecule has 1 atom stereocenters. The summed E-state index contributed by atoms with van der Waals surface area (Å²) in [5, 5.41) is 11.9. The van der Waals surface area contributed by atoms with E-state index >= 15 is 0 Å². The third-order valence-corrected chi connectivity index (χ3v) is 2.01. The Morgan fingerprint density at radius 2 is 2.00 bits per heavy atom. The molecule has 0 saturated carbocycles. The average molecular weight is 174 g/mol. The molecule has 12 heavy (non-hydrogen) atoms. The van der Waals surface area contributed by atoms with Gasteiger partial charge in [0.15, 0.2) is 0 Å². The number of aliphatic hydroxyl groups is 1. The molecule has 0 aromatic heterocycles. The van der Waals surface area contributed by atoms with Crippen molar-refractivity contribution in [2.75, 3.05) is 19.7 Å². The van der Waals surface area contributed by atoms with Crippen molar-refractivity contribution in [3.8, 4) is 0 Å². The molecular weight excluding hydrogens is 152 g/mol. The predicted octanol–water partition coefficient (Wildman–Crippen LogP) is 0.332. The van der Waals surface area contributed by atoms with Crippen molar-refractivity contribution in [1.29, 1.82) is 0 Å². The zero-order chi connectivity index (χ0) is 9.61. The van der Waals surface area contributed by atoms with Crippen LogP contribution in [-0.4, -0.2) is 30.8 Å². The van der Waals surface area contributed by atoms with Crippen molar-refractivity contribution in [3.63, 3.8) is 0 Å². The fourth-order valence-electron chi connectivity index (χ4n) is 1.10. The lowest BCUT2D eigenvalue weighted by Crippen LogP contribution is -2.46. The summed E-state index contributed by atoms with van der Waals surface area (Å²) < 4.78 is 0. The first-order valence-corrected chi connectivity index (χ1v) is 4.56. The Hall–Kier alpha value is -0.120. The standard InChI is InChI=1S/C9H22N2O/c1-9(2,3)8(7-10)11-5-4-6-12/h8,11-12H,4-7,10H2,1-3H3. The Morgan fingerprint density at radius 1 is 1.42 bits per heavy atom. The fourth-order valence-corrected chi connectivity index (χ4v) is 1.10. The third kappa shape index (κ3) is 4.70. The van der Waals surface area contributed by atoms with E-state index in [1.807, 2.05) is 0 Å². The lowest BCUT2D eigenvalue weighted by molar-refractivity contribution is 0.250. The molecule has 0 saturated heterocycles. The molecule has 3 heteroatoms. The van der Waals surface area contributed by atoms with E-state index in [0.29, 0.717) is 12.6 Å². The maximum Gasteiger partial charge on any atom is 0.0443 e. The third-order valence-electron chi connectivity index (χ3n) is 2.01. The first-order valence-electron chi connectivity index (χ1n) is 4.56. The van der Waals surface area contributed by atoms with Crippen LogP contribution >= 0.6 is 0 Å². The topological polar surface area (TPSA) is 58.3 Å². The minimum atomic E-state index is 0.199. The predicted molar refractivity (Wildman–Crippen MR) is 52.0 cm³/mol. The van der Waals surface area contributed by atoms with E-state index in [0.717, 1.165) is 13.0 Å². The largest absolute Gasteiger partial charge is 0.396 e. The van der Waals surface area contributed by atoms with Crippen LogP contribution in [0.1, 0.15) is 27.2 Å². The summed E-state index contributed by atoms with van der Waals surface area (Å²) in [6, 6.07) is 0.337. The molecule has 0 aliphatic heterocycles. The highest BCUT2D eigenvalue weighted by Gasteiger charge is 2.21. The molecule has 0 aromatic rings. The van der Waals surface area contributed by atoms with Gasteiger partial charge in [0.1, 0.15) is 0 Å². The van der Waals surface area contributed by atoms with Crippen molar-refractivity contribution in [1.82, 2.24) is 5.32 Å². The van der Waals surface area contributed by atoms with Crippen LogP contribution in [0.15, 0.2) is 0 Å². The summed E-state index contributed by atoms with van der Waals surface area (Å²) in [5.41, 5.74) is 5.81.